The van der Waals surface area contributed by atoms with Crippen LogP contribution in [0, 0.1) is 0 Å². The van der Waals surface area contributed by atoms with E-state index in [4.69, 9.17) is 5.73 Å². The van der Waals surface area contributed by atoms with Crippen LogP contribution in [0.3, 0.4) is 0 Å². The van der Waals surface area contributed by atoms with Gasteiger partial charge in [-0.3, -0.25) is 4.79 Å². The molecule has 1 aromatic carbocycles. The van der Waals surface area contributed by atoms with Crippen molar-refractivity contribution in [3.63, 3.8) is 0 Å². The third kappa shape index (κ3) is 4.61. The highest BCUT2D eigenvalue weighted by molar-refractivity contribution is 5.76. The second kappa shape index (κ2) is 5.51. The summed E-state index contributed by atoms with van der Waals surface area (Å²) in [5.74, 6) is -0.289. The van der Waals surface area contributed by atoms with Gasteiger partial charge in [0.05, 0.1) is 6.42 Å². The first-order valence-corrected chi connectivity index (χ1v) is 5.17. The molecule has 0 aliphatic rings. The first kappa shape index (κ1) is 11.7. The molecule has 0 saturated carbocycles. The molecule has 1 amide bonds. The van der Waals surface area contributed by atoms with Gasteiger partial charge in [-0.1, -0.05) is 38.1 Å². The lowest BCUT2D eigenvalue weighted by Crippen LogP contribution is -2.21. The Balaban J connectivity index is 2.52. The van der Waals surface area contributed by atoms with E-state index in [1.807, 2.05) is 24.3 Å². The molecule has 0 fully saturated rings. The maximum Gasteiger partial charge on any atom is 0.221 e. The highest BCUT2D eigenvalue weighted by Gasteiger charge is 1.99. The van der Waals surface area contributed by atoms with Gasteiger partial charge in [0.25, 0.3) is 0 Å². The number of carbonyl (C=O) groups excluding carboxylic acids is 1. The van der Waals surface area contributed by atoms with Crippen molar-refractivity contribution in [3.8, 4) is 0 Å². The van der Waals surface area contributed by atoms with Crippen LogP contribution in [0.1, 0.15) is 25.0 Å². The standard InChI is InChI=1S/C12H18N2O/c1-9(2)14-8-11-5-3-10(4-6-11)7-12(13)15/h3-6,9,14H,7-8H2,1-2H3,(H2,13,15). The van der Waals surface area contributed by atoms with Crippen molar-refractivity contribution < 1.29 is 4.79 Å². The van der Waals surface area contributed by atoms with Gasteiger partial charge < -0.3 is 11.1 Å². The number of nitrogens with one attached hydrogen (secondary N) is 1. The molecule has 0 spiro atoms. The Morgan fingerprint density at radius 1 is 1.27 bits per heavy atom. The summed E-state index contributed by atoms with van der Waals surface area (Å²) in [6.07, 6.45) is 0.317. The zero-order valence-corrected chi connectivity index (χ0v) is 9.29. The minimum atomic E-state index is -0.289. The third-order valence-electron chi connectivity index (χ3n) is 2.12. The molecule has 0 unspecified atom stereocenters. The van der Waals surface area contributed by atoms with Crippen molar-refractivity contribution in [1.29, 1.82) is 0 Å². The second-order valence-corrected chi connectivity index (χ2v) is 4.00. The maximum absolute atomic E-state index is 10.7. The molecule has 3 heteroatoms. The Hall–Kier alpha value is -1.35. The maximum atomic E-state index is 10.7. The predicted octanol–water partition coefficient (Wildman–Crippen LogP) is 1.21. The van der Waals surface area contributed by atoms with Crippen molar-refractivity contribution in [1.82, 2.24) is 5.32 Å². The molecular weight excluding hydrogens is 188 g/mol. The van der Waals surface area contributed by atoms with Crippen molar-refractivity contribution in [2.24, 2.45) is 5.73 Å². The van der Waals surface area contributed by atoms with Crippen LogP contribution in [-0.4, -0.2) is 11.9 Å². The lowest BCUT2D eigenvalue weighted by molar-refractivity contribution is -0.117. The molecule has 82 valence electrons. The number of rotatable bonds is 5. The fourth-order valence-electron chi connectivity index (χ4n) is 1.30. The van der Waals surface area contributed by atoms with E-state index < -0.39 is 0 Å². The Morgan fingerprint density at radius 2 is 1.80 bits per heavy atom. The van der Waals surface area contributed by atoms with E-state index in [9.17, 15) is 4.79 Å². The van der Waals surface area contributed by atoms with Crippen molar-refractivity contribution >= 4 is 5.91 Å². The lowest BCUT2D eigenvalue weighted by Gasteiger charge is -2.08. The number of benzene rings is 1. The molecule has 0 heterocycles. The number of hydrogen-bond donors (Lipinski definition) is 2. The van der Waals surface area contributed by atoms with Crippen LogP contribution >= 0.6 is 0 Å². The molecule has 1 rings (SSSR count). The molecule has 3 nitrogen and oxygen atoms in total. The molecule has 0 saturated heterocycles. The van der Waals surface area contributed by atoms with E-state index in [-0.39, 0.29) is 5.91 Å². The minimum Gasteiger partial charge on any atom is -0.369 e. The SMILES string of the molecule is CC(C)NCc1ccc(CC(N)=O)cc1. The molecule has 3 N–H and O–H groups in total. The molecule has 0 aliphatic heterocycles. The fourth-order valence-corrected chi connectivity index (χ4v) is 1.30. The molecule has 1 aromatic rings. The first-order chi connectivity index (χ1) is 7.08. The summed E-state index contributed by atoms with van der Waals surface area (Å²) >= 11 is 0. The van der Waals surface area contributed by atoms with E-state index >= 15 is 0 Å². The summed E-state index contributed by atoms with van der Waals surface area (Å²) in [4.78, 5) is 10.7. The Bertz CT molecular complexity index is 317. The van der Waals surface area contributed by atoms with Gasteiger partial charge >= 0.3 is 0 Å². The van der Waals surface area contributed by atoms with Crippen molar-refractivity contribution in [2.45, 2.75) is 32.9 Å². The van der Waals surface area contributed by atoms with Gasteiger partial charge in [0.1, 0.15) is 0 Å². The van der Waals surface area contributed by atoms with Crippen molar-refractivity contribution in [3.05, 3.63) is 35.4 Å². The fraction of sp³-hybridized carbons (Fsp3) is 0.417. The quantitative estimate of drug-likeness (QED) is 0.761. The van der Waals surface area contributed by atoms with Crippen LogP contribution < -0.4 is 11.1 Å². The second-order valence-electron chi connectivity index (χ2n) is 4.00. The normalized spacial score (nSPS) is 10.6. The molecule has 0 bridgehead atoms. The smallest absolute Gasteiger partial charge is 0.221 e. The summed E-state index contributed by atoms with van der Waals surface area (Å²) in [5.41, 5.74) is 7.30. The van der Waals surface area contributed by atoms with E-state index in [2.05, 4.69) is 19.2 Å². The van der Waals surface area contributed by atoms with Gasteiger partial charge in [0.2, 0.25) is 5.91 Å². The summed E-state index contributed by atoms with van der Waals surface area (Å²) in [5, 5.41) is 3.33. The topological polar surface area (TPSA) is 55.1 Å². The van der Waals surface area contributed by atoms with Crippen LogP contribution in [0.25, 0.3) is 0 Å². The number of carbonyl (C=O) groups is 1. The largest absolute Gasteiger partial charge is 0.369 e. The summed E-state index contributed by atoms with van der Waals surface area (Å²) < 4.78 is 0. The van der Waals surface area contributed by atoms with E-state index in [1.54, 1.807) is 0 Å². The molecular formula is C12H18N2O. The Kier molecular flexibility index (Phi) is 4.31. The Morgan fingerprint density at radius 3 is 2.27 bits per heavy atom. The zero-order chi connectivity index (χ0) is 11.3. The summed E-state index contributed by atoms with van der Waals surface area (Å²) in [6, 6.07) is 8.42. The van der Waals surface area contributed by atoms with Gasteiger partial charge in [-0.2, -0.15) is 0 Å². The van der Waals surface area contributed by atoms with Gasteiger partial charge in [-0.05, 0) is 11.1 Å². The average molecular weight is 206 g/mol. The van der Waals surface area contributed by atoms with Crippen LogP contribution in [0.5, 0.6) is 0 Å². The molecule has 0 atom stereocenters. The summed E-state index contributed by atoms with van der Waals surface area (Å²) in [6.45, 7) is 5.08. The summed E-state index contributed by atoms with van der Waals surface area (Å²) in [7, 11) is 0. The zero-order valence-electron chi connectivity index (χ0n) is 9.29. The van der Waals surface area contributed by atoms with Crippen LogP contribution in [0.15, 0.2) is 24.3 Å². The average Bonchev–Trinajstić information content (AvgIpc) is 2.16. The van der Waals surface area contributed by atoms with Gasteiger partial charge in [0, 0.05) is 12.6 Å². The van der Waals surface area contributed by atoms with E-state index in [0.717, 1.165) is 12.1 Å². The number of hydrogen-bond acceptors (Lipinski definition) is 2. The van der Waals surface area contributed by atoms with Gasteiger partial charge in [-0.25, -0.2) is 0 Å². The number of nitrogens with two attached hydrogens (primary N) is 1. The highest BCUT2D eigenvalue weighted by Crippen LogP contribution is 2.05. The molecule has 0 aromatic heterocycles. The Labute approximate surface area is 90.7 Å². The van der Waals surface area contributed by atoms with Crippen LogP contribution in [0.2, 0.25) is 0 Å². The van der Waals surface area contributed by atoms with Gasteiger partial charge in [-0.15, -0.1) is 0 Å². The number of amides is 1. The first-order valence-electron chi connectivity index (χ1n) is 5.17. The lowest BCUT2D eigenvalue weighted by atomic mass is 10.1. The highest BCUT2D eigenvalue weighted by atomic mass is 16.1. The molecule has 0 radical (unpaired) electrons. The third-order valence-corrected chi connectivity index (χ3v) is 2.12. The van der Waals surface area contributed by atoms with Crippen molar-refractivity contribution in [2.75, 3.05) is 0 Å². The molecule has 0 aliphatic carbocycles. The van der Waals surface area contributed by atoms with E-state index in [1.165, 1.54) is 5.56 Å². The minimum absolute atomic E-state index is 0.289. The predicted molar refractivity (Wildman–Crippen MR) is 61.3 cm³/mol. The van der Waals surface area contributed by atoms with E-state index in [0.29, 0.717) is 12.5 Å². The monoisotopic (exact) mass is 206 g/mol. The number of primary amides is 1. The molecule has 15 heavy (non-hydrogen) atoms. The van der Waals surface area contributed by atoms with Gasteiger partial charge in [0.15, 0.2) is 0 Å². The van der Waals surface area contributed by atoms with Crippen LogP contribution in [-0.2, 0) is 17.8 Å². The van der Waals surface area contributed by atoms with Crippen LogP contribution in [0.4, 0.5) is 0 Å².